The average molecular weight is 780 g/mol. The Morgan fingerprint density at radius 3 is 1.00 bits per heavy atom. The van der Waals surface area contributed by atoms with Crippen molar-refractivity contribution in [1.82, 2.24) is 4.57 Å². The normalized spacial score (nSPS) is 11.3. The van der Waals surface area contributed by atoms with Crippen molar-refractivity contribution < 1.29 is 0 Å². The van der Waals surface area contributed by atoms with Gasteiger partial charge < -0.3 is 14.4 Å². The predicted molar refractivity (Wildman–Crippen MR) is 259 cm³/mol. The van der Waals surface area contributed by atoms with Crippen LogP contribution in [0.4, 0.5) is 34.1 Å². The SMILES string of the molecule is c1ccc(N(c2ccccc2)c2ccc(-c3ccc4c(c3)c3cc(-c5ccc(N(c6ccccc6)c6ccccc6)cc5)ccc3n4-c3ccc4ccccc4c3)cc2)cc1. The summed E-state index contributed by atoms with van der Waals surface area (Å²) >= 11 is 0. The maximum absolute atomic E-state index is 2.42. The van der Waals surface area contributed by atoms with E-state index in [2.05, 4.69) is 263 Å². The van der Waals surface area contributed by atoms with E-state index in [1.54, 1.807) is 0 Å². The van der Waals surface area contributed by atoms with Crippen molar-refractivity contribution in [1.29, 1.82) is 0 Å². The van der Waals surface area contributed by atoms with Crippen LogP contribution in [0, 0.1) is 0 Å². The molecule has 1 heterocycles. The lowest BCUT2D eigenvalue weighted by molar-refractivity contribution is 1.19. The molecular weight excluding hydrogens is 739 g/mol. The molecule has 0 bridgehead atoms. The molecule has 0 aliphatic rings. The number of fused-ring (bicyclic) bond motifs is 4. The zero-order valence-corrected chi connectivity index (χ0v) is 33.5. The Kier molecular flexibility index (Phi) is 9.18. The summed E-state index contributed by atoms with van der Waals surface area (Å²) in [6.45, 7) is 0. The van der Waals surface area contributed by atoms with Gasteiger partial charge in [0.05, 0.1) is 11.0 Å². The molecule has 0 fully saturated rings. The highest BCUT2D eigenvalue weighted by Gasteiger charge is 2.17. The fourth-order valence-electron chi connectivity index (χ4n) is 8.78. The first kappa shape index (κ1) is 36.0. The van der Waals surface area contributed by atoms with E-state index in [0.717, 1.165) is 39.8 Å². The Bertz CT molecular complexity index is 3000. The van der Waals surface area contributed by atoms with Crippen molar-refractivity contribution in [3.05, 3.63) is 249 Å². The molecule has 0 amide bonds. The minimum absolute atomic E-state index is 1.11. The van der Waals surface area contributed by atoms with Crippen molar-refractivity contribution in [3.8, 4) is 27.9 Å². The first-order chi connectivity index (χ1) is 30.2. The molecule has 1 aromatic heterocycles. The Labute approximate surface area is 356 Å². The minimum atomic E-state index is 1.11. The molecule has 288 valence electrons. The van der Waals surface area contributed by atoms with E-state index >= 15 is 0 Å². The molecule has 0 saturated carbocycles. The second-order valence-electron chi connectivity index (χ2n) is 15.4. The predicted octanol–water partition coefficient (Wildman–Crippen LogP) is 16.2. The quantitative estimate of drug-likeness (QED) is 0.145. The molecular formula is C58H41N3. The molecule has 10 aromatic carbocycles. The fourth-order valence-corrected chi connectivity index (χ4v) is 8.78. The first-order valence-electron chi connectivity index (χ1n) is 20.8. The molecule has 0 aliphatic carbocycles. The van der Waals surface area contributed by atoms with Gasteiger partial charge in [-0.15, -0.1) is 0 Å². The Morgan fingerprint density at radius 2 is 0.590 bits per heavy atom. The molecule has 3 nitrogen and oxygen atoms in total. The number of aromatic nitrogens is 1. The van der Waals surface area contributed by atoms with E-state index < -0.39 is 0 Å². The van der Waals surface area contributed by atoms with Crippen molar-refractivity contribution in [3.63, 3.8) is 0 Å². The average Bonchev–Trinajstić information content (AvgIpc) is 3.66. The Hall–Kier alpha value is -8.14. The number of rotatable bonds is 9. The van der Waals surface area contributed by atoms with Gasteiger partial charge in [-0.1, -0.05) is 140 Å². The number of benzene rings is 10. The van der Waals surface area contributed by atoms with E-state index in [1.165, 1.54) is 54.8 Å². The van der Waals surface area contributed by atoms with E-state index in [4.69, 9.17) is 0 Å². The highest BCUT2D eigenvalue weighted by atomic mass is 15.1. The molecule has 3 heteroatoms. The zero-order chi connectivity index (χ0) is 40.5. The van der Waals surface area contributed by atoms with Crippen LogP contribution < -0.4 is 9.80 Å². The molecule has 0 unspecified atom stereocenters. The second-order valence-corrected chi connectivity index (χ2v) is 15.4. The summed E-state index contributed by atoms with van der Waals surface area (Å²) in [6.07, 6.45) is 0. The summed E-state index contributed by atoms with van der Waals surface area (Å²) < 4.78 is 2.42. The van der Waals surface area contributed by atoms with Crippen molar-refractivity contribution in [2.75, 3.05) is 9.80 Å². The van der Waals surface area contributed by atoms with E-state index in [-0.39, 0.29) is 0 Å². The Balaban J connectivity index is 1.02. The standard InChI is InChI=1S/C58H41N3/c1-5-17-48(18-6-1)59(49-19-7-2-8-20-49)52-32-25-43(26-33-52)46-30-37-57-55(40-46)56-41-47(31-38-58(56)61(57)54-36-29-42-15-13-14-16-45(42)39-54)44-27-34-53(35-28-44)60(50-21-9-3-10-22-50)51-23-11-4-12-24-51/h1-41H. The molecule has 61 heavy (non-hydrogen) atoms. The van der Waals surface area contributed by atoms with Gasteiger partial charge in [-0.3, -0.25) is 0 Å². The molecule has 0 atom stereocenters. The maximum atomic E-state index is 2.42. The molecule has 11 aromatic rings. The van der Waals surface area contributed by atoms with Crippen LogP contribution in [0.5, 0.6) is 0 Å². The molecule has 11 rings (SSSR count). The second kappa shape index (κ2) is 15.6. The van der Waals surface area contributed by atoms with E-state index in [1.807, 2.05) is 0 Å². The lowest BCUT2D eigenvalue weighted by Gasteiger charge is -2.25. The highest BCUT2D eigenvalue weighted by molar-refractivity contribution is 6.12. The zero-order valence-electron chi connectivity index (χ0n) is 33.5. The van der Waals surface area contributed by atoms with Crippen molar-refractivity contribution in [2.45, 2.75) is 0 Å². The third-order valence-electron chi connectivity index (χ3n) is 11.7. The summed E-state index contributed by atoms with van der Waals surface area (Å²) in [4.78, 5) is 4.61. The maximum Gasteiger partial charge on any atom is 0.0541 e. The van der Waals surface area contributed by atoms with Gasteiger partial charge in [-0.2, -0.15) is 0 Å². The van der Waals surface area contributed by atoms with Crippen LogP contribution >= 0.6 is 0 Å². The summed E-state index contributed by atoms with van der Waals surface area (Å²) in [7, 11) is 0. The number of nitrogens with zero attached hydrogens (tertiary/aromatic N) is 3. The van der Waals surface area contributed by atoms with Crippen LogP contribution in [0.25, 0.3) is 60.5 Å². The number of hydrogen-bond donors (Lipinski definition) is 0. The van der Waals surface area contributed by atoms with Gasteiger partial charge in [0.2, 0.25) is 0 Å². The van der Waals surface area contributed by atoms with Gasteiger partial charge >= 0.3 is 0 Å². The summed E-state index contributed by atoms with van der Waals surface area (Å²) in [5.41, 5.74) is 14.9. The summed E-state index contributed by atoms with van der Waals surface area (Å²) in [5.74, 6) is 0. The van der Waals surface area contributed by atoms with Gasteiger partial charge in [-0.05, 0) is 142 Å². The van der Waals surface area contributed by atoms with Crippen LogP contribution in [-0.4, -0.2) is 4.57 Å². The summed E-state index contributed by atoms with van der Waals surface area (Å²) in [6, 6.07) is 89.5. The summed E-state index contributed by atoms with van der Waals surface area (Å²) in [5, 5.41) is 4.90. The highest BCUT2D eigenvalue weighted by Crippen LogP contribution is 2.41. The Morgan fingerprint density at radius 1 is 0.246 bits per heavy atom. The number of para-hydroxylation sites is 4. The lowest BCUT2D eigenvalue weighted by atomic mass is 9.99. The van der Waals surface area contributed by atoms with Gasteiger partial charge in [0.1, 0.15) is 0 Å². The van der Waals surface area contributed by atoms with Crippen molar-refractivity contribution in [2.24, 2.45) is 0 Å². The smallest absolute Gasteiger partial charge is 0.0541 e. The number of anilines is 6. The third kappa shape index (κ3) is 6.78. The van der Waals surface area contributed by atoms with E-state index in [9.17, 15) is 0 Å². The van der Waals surface area contributed by atoms with Gasteiger partial charge in [0, 0.05) is 50.6 Å². The molecule has 0 aliphatic heterocycles. The van der Waals surface area contributed by atoms with Gasteiger partial charge in [-0.25, -0.2) is 0 Å². The van der Waals surface area contributed by atoms with E-state index in [0.29, 0.717) is 0 Å². The monoisotopic (exact) mass is 779 g/mol. The van der Waals surface area contributed by atoms with Crippen LogP contribution in [0.2, 0.25) is 0 Å². The van der Waals surface area contributed by atoms with Crippen LogP contribution in [0.15, 0.2) is 249 Å². The van der Waals surface area contributed by atoms with Gasteiger partial charge in [0.25, 0.3) is 0 Å². The third-order valence-corrected chi connectivity index (χ3v) is 11.7. The molecule has 0 N–H and O–H groups in total. The van der Waals surface area contributed by atoms with Crippen molar-refractivity contribution >= 4 is 66.7 Å². The van der Waals surface area contributed by atoms with Crippen LogP contribution in [0.1, 0.15) is 0 Å². The molecule has 0 spiro atoms. The fraction of sp³-hybridized carbons (Fsp3) is 0. The van der Waals surface area contributed by atoms with Crippen LogP contribution in [-0.2, 0) is 0 Å². The largest absolute Gasteiger partial charge is 0.311 e. The molecule has 0 radical (unpaired) electrons. The first-order valence-corrected chi connectivity index (χ1v) is 20.8. The van der Waals surface area contributed by atoms with Gasteiger partial charge in [0.15, 0.2) is 0 Å². The minimum Gasteiger partial charge on any atom is -0.311 e. The molecule has 0 saturated heterocycles. The lowest BCUT2D eigenvalue weighted by Crippen LogP contribution is -2.09. The topological polar surface area (TPSA) is 11.4 Å². The van der Waals surface area contributed by atoms with Crippen LogP contribution in [0.3, 0.4) is 0 Å². The number of hydrogen-bond acceptors (Lipinski definition) is 2.